The van der Waals surface area contributed by atoms with E-state index in [0.29, 0.717) is 18.8 Å². The van der Waals surface area contributed by atoms with Crippen LogP contribution in [0.5, 0.6) is 11.5 Å². The number of aryl methyl sites for hydroxylation is 1. The maximum Gasteiger partial charge on any atom is 0.258 e. The molecule has 3 rings (SSSR count). The summed E-state index contributed by atoms with van der Waals surface area (Å²) in [6, 6.07) is 14.8. The number of nitrogens with zero attached hydrogens (tertiary/aromatic N) is 3. The lowest BCUT2D eigenvalue weighted by Crippen LogP contribution is -2.26. The molecule has 6 heteroatoms. The summed E-state index contributed by atoms with van der Waals surface area (Å²) in [6.07, 6.45) is 0. The van der Waals surface area contributed by atoms with Crippen LogP contribution < -0.4 is 15.0 Å². The van der Waals surface area contributed by atoms with Crippen LogP contribution in [0.25, 0.3) is 5.65 Å². The molecular formula is C20H23N3O3. The summed E-state index contributed by atoms with van der Waals surface area (Å²) in [5, 5.41) is 0. The highest BCUT2D eigenvalue weighted by Crippen LogP contribution is 2.16. The molecule has 0 saturated heterocycles. The lowest BCUT2D eigenvalue weighted by atomic mass is 10.3. The van der Waals surface area contributed by atoms with Gasteiger partial charge in [0.25, 0.3) is 5.56 Å². The Morgan fingerprint density at radius 3 is 2.58 bits per heavy atom. The summed E-state index contributed by atoms with van der Waals surface area (Å²) in [5.41, 5.74) is 2.27. The smallest absolute Gasteiger partial charge is 0.258 e. The van der Waals surface area contributed by atoms with Gasteiger partial charge in [-0.1, -0.05) is 6.07 Å². The number of rotatable bonds is 7. The predicted octanol–water partition coefficient (Wildman–Crippen LogP) is 2.52. The van der Waals surface area contributed by atoms with E-state index < -0.39 is 0 Å². The summed E-state index contributed by atoms with van der Waals surface area (Å²) in [7, 11) is 3.62. The Balaban J connectivity index is 1.58. The number of ether oxygens (including phenoxy) is 2. The van der Waals surface area contributed by atoms with E-state index in [9.17, 15) is 4.79 Å². The Hall–Kier alpha value is -2.86. The minimum atomic E-state index is -0.0500. The van der Waals surface area contributed by atoms with Crippen molar-refractivity contribution in [3.05, 3.63) is 70.3 Å². The highest BCUT2D eigenvalue weighted by Gasteiger charge is 2.07. The Morgan fingerprint density at radius 2 is 1.85 bits per heavy atom. The third-order valence-electron chi connectivity index (χ3n) is 4.17. The molecule has 136 valence electrons. The van der Waals surface area contributed by atoms with E-state index in [1.807, 2.05) is 56.4 Å². The number of likely N-dealkylation sites (N-methyl/N-ethyl adjacent to an activating group) is 1. The van der Waals surface area contributed by atoms with Gasteiger partial charge in [-0.2, -0.15) is 0 Å². The van der Waals surface area contributed by atoms with Crippen LogP contribution in [-0.2, 0) is 6.54 Å². The number of pyridine rings is 1. The van der Waals surface area contributed by atoms with Crippen molar-refractivity contribution < 1.29 is 9.47 Å². The van der Waals surface area contributed by atoms with Crippen molar-refractivity contribution in [1.82, 2.24) is 14.3 Å². The van der Waals surface area contributed by atoms with Crippen molar-refractivity contribution in [2.75, 3.05) is 27.3 Å². The van der Waals surface area contributed by atoms with Gasteiger partial charge in [-0.25, -0.2) is 4.98 Å². The van der Waals surface area contributed by atoms with E-state index >= 15 is 0 Å². The molecule has 3 aromatic rings. The first-order valence-corrected chi connectivity index (χ1v) is 8.50. The topological polar surface area (TPSA) is 56.1 Å². The normalized spacial score (nSPS) is 11.1. The van der Waals surface area contributed by atoms with Crippen molar-refractivity contribution in [1.29, 1.82) is 0 Å². The molecule has 2 heterocycles. The summed E-state index contributed by atoms with van der Waals surface area (Å²) in [4.78, 5) is 19.0. The molecule has 0 saturated carbocycles. The molecule has 0 atom stereocenters. The average molecular weight is 353 g/mol. The molecular weight excluding hydrogens is 330 g/mol. The molecule has 6 nitrogen and oxygen atoms in total. The SMILES string of the molecule is COc1ccc(OCCN(C)Cc2cc(=O)n3c(C)cccc3n2)cc1. The number of hydrogen-bond acceptors (Lipinski definition) is 5. The quantitative estimate of drug-likeness (QED) is 0.653. The lowest BCUT2D eigenvalue weighted by Gasteiger charge is -2.17. The van der Waals surface area contributed by atoms with Crippen LogP contribution >= 0.6 is 0 Å². The monoisotopic (exact) mass is 353 g/mol. The first-order valence-electron chi connectivity index (χ1n) is 8.50. The van der Waals surface area contributed by atoms with Gasteiger partial charge >= 0.3 is 0 Å². The number of methoxy groups -OCH3 is 1. The van der Waals surface area contributed by atoms with Crippen LogP contribution in [-0.4, -0.2) is 41.6 Å². The molecule has 0 aliphatic carbocycles. The van der Waals surface area contributed by atoms with Crippen molar-refractivity contribution >= 4 is 5.65 Å². The van der Waals surface area contributed by atoms with Gasteiger partial charge < -0.3 is 9.47 Å². The maximum atomic E-state index is 12.3. The summed E-state index contributed by atoms with van der Waals surface area (Å²) >= 11 is 0. The Labute approximate surface area is 152 Å². The molecule has 0 amide bonds. The molecule has 0 radical (unpaired) electrons. The fourth-order valence-electron chi connectivity index (χ4n) is 2.79. The van der Waals surface area contributed by atoms with Crippen LogP contribution in [0, 0.1) is 6.92 Å². The Bertz CT molecular complexity index is 935. The van der Waals surface area contributed by atoms with Gasteiger partial charge in [0.2, 0.25) is 0 Å². The van der Waals surface area contributed by atoms with E-state index in [-0.39, 0.29) is 5.56 Å². The van der Waals surface area contributed by atoms with E-state index in [1.54, 1.807) is 17.6 Å². The van der Waals surface area contributed by atoms with Crippen LogP contribution in [0.4, 0.5) is 0 Å². The van der Waals surface area contributed by atoms with Crippen molar-refractivity contribution in [3.63, 3.8) is 0 Å². The molecule has 2 aromatic heterocycles. The second-order valence-electron chi connectivity index (χ2n) is 6.21. The lowest BCUT2D eigenvalue weighted by molar-refractivity contribution is 0.231. The van der Waals surface area contributed by atoms with E-state index in [2.05, 4.69) is 9.88 Å². The van der Waals surface area contributed by atoms with Crippen molar-refractivity contribution in [2.24, 2.45) is 0 Å². The van der Waals surface area contributed by atoms with E-state index in [1.165, 1.54) is 0 Å². The van der Waals surface area contributed by atoms with Crippen LogP contribution in [0.3, 0.4) is 0 Å². The molecule has 0 fully saturated rings. The minimum absolute atomic E-state index is 0.0500. The van der Waals surface area contributed by atoms with Gasteiger partial charge in [-0.05, 0) is 50.4 Å². The zero-order valence-corrected chi connectivity index (χ0v) is 15.3. The molecule has 26 heavy (non-hydrogen) atoms. The van der Waals surface area contributed by atoms with Gasteiger partial charge in [-0.3, -0.25) is 14.1 Å². The summed E-state index contributed by atoms with van der Waals surface area (Å²) in [5.74, 6) is 1.61. The Morgan fingerprint density at radius 1 is 1.12 bits per heavy atom. The molecule has 1 aromatic carbocycles. The van der Waals surface area contributed by atoms with E-state index in [4.69, 9.17) is 9.47 Å². The standard InChI is InChI=1S/C20H23N3O3/c1-15-5-4-6-19-21-16(13-20(24)23(15)19)14-22(2)11-12-26-18-9-7-17(25-3)8-10-18/h4-10,13H,11-12,14H2,1-3H3. The molecule has 0 N–H and O–H groups in total. The zero-order chi connectivity index (χ0) is 18.5. The number of hydrogen-bond donors (Lipinski definition) is 0. The first-order chi connectivity index (χ1) is 12.6. The fraction of sp³-hybridized carbons (Fsp3) is 0.300. The first kappa shape index (κ1) is 17.9. The molecule has 0 bridgehead atoms. The second kappa shape index (κ2) is 8.01. The van der Waals surface area contributed by atoms with Crippen LogP contribution in [0.2, 0.25) is 0 Å². The van der Waals surface area contributed by atoms with Crippen molar-refractivity contribution in [2.45, 2.75) is 13.5 Å². The van der Waals surface area contributed by atoms with Gasteiger partial charge in [0.05, 0.1) is 12.8 Å². The third kappa shape index (κ3) is 4.21. The highest BCUT2D eigenvalue weighted by molar-refractivity contribution is 5.40. The van der Waals surface area contributed by atoms with E-state index in [0.717, 1.165) is 29.4 Å². The third-order valence-corrected chi connectivity index (χ3v) is 4.17. The molecule has 0 aliphatic rings. The van der Waals surface area contributed by atoms with Gasteiger partial charge in [0, 0.05) is 24.8 Å². The summed E-state index contributed by atoms with van der Waals surface area (Å²) in [6.45, 7) is 3.76. The number of fused-ring (bicyclic) bond motifs is 1. The van der Waals surface area contributed by atoms with Crippen molar-refractivity contribution in [3.8, 4) is 11.5 Å². The van der Waals surface area contributed by atoms with Gasteiger partial charge in [0.15, 0.2) is 0 Å². The largest absolute Gasteiger partial charge is 0.497 e. The molecule has 0 aliphatic heterocycles. The summed E-state index contributed by atoms with van der Waals surface area (Å²) < 4.78 is 12.5. The van der Waals surface area contributed by atoms with Gasteiger partial charge in [-0.15, -0.1) is 0 Å². The molecule has 0 unspecified atom stereocenters. The maximum absolute atomic E-state index is 12.3. The minimum Gasteiger partial charge on any atom is -0.497 e. The number of aromatic nitrogens is 2. The Kier molecular flexibility index (Phi) is 5.53. The van der Waals surface area contributed by atoms with Crippen LogP contribution in [0.15, 0.2) is 53.3 Å². The van der Waals surface area contributed by atoms with Crippen LogP contribution in [0.1, 0.15) is 11.4 Å². The average Bonchev–Trinajstić information content (AvgIpc) is 2.62. The number of benzene rings is 1. The van der Waals surface area contributed by atoms with Gasteiger partial charge in [0.1, 0.15) is 23.8 Å². The second-order valence-corrected chi connectivity index (χ2v) is 6.21. The predicted molar refractivity (Wildman–Crippen MR) is 101 cm³/mol. The fourth-order valence-corrected chi connectivity index (χ4v) is 2.79. The highest BCUT2D eigenvalue weighted by atomic mass is 16.5. The zero-order valence-electron chi connectivity index (χ0n) is 15.3. The molecule has 0 spiro atoms.